The number of amides is 1. The second kappa shape index (κ2) is 4.38. The van der Waals surface area contributed by atoms with Crippen molar-refractivity contribution >= 4 is 5.91 Å². The molecule has 72 valence electrons. The molecule has 0 bridgehead atoms. The molecule has 0 aliphatic heterocycles. The number of rotatable bonds is 3. The summed E-state index contributed by atoms with van der Waals surface area (Å²) in [5, 5.41) is 8.48. The number of aryl methyl sites for hydroxylation is 1. The Hall–Kier alpha value is -1.89. The first-order chi connectivity index (χ1) is 6.63. The Kier molecular flexibility index (Phi) is 3.19. The average molecular weight is 192 g/mol. The molecule has 2 N–H and O–H groups in total. The first-order valence-electron chi connectivity index (χ1n) is 4.10. The van der Waals surface area contributed by atoms with Crippen molar-refractivity contribution in [1.29, 1.82) is 5.26 Å². The minimum absolute atomic E-state index is 0.114. The maximum atomic E-state index is 13.2. The van der Waals surface area contributed by atoms with Gasteiger partial charge in [0.05, 0.1) is 11.6 Å². The fourth-order valence-corrected chi connectivity index (χ4v) is 1.08. The van der Waals surface area contributed by atoms with Gasteiger partial charge in [-0.3, -0.25) is 4.79 Å². The van der Waals surface area contributed by atoms with Crippen molar-refractivity contribution in [2.75, 3.05) is 0 Å². The van der Waals surface area contributed by atoms with Crippen LogP contribution in [0.25, 0.3) is 0 Å². The van der Waals surface area contributed by atoms with E-state index in [1.807, 2.05) is 6.07 Å². The zero-order valence-corrected chi connectivity index (χ0v) is 7.46. The molecule has 0 aliphatic carbocycles. The highest BCUT2D eigenvalue weighted by Gasteiger charge is 2.04. The van der Waals surface area contributed by atoms with Crippen LogP contribution in [0.3, 0.4) is 0 Å². The van der Waals surface area contributed by atoms with Crippen LogP contribution in [0.15, 0.2) is 18.2 Å². The summed E-state index contributed by atoms with van der Waals surface area (Å²) in [7, 11) is 0. The summed E-state index contributed by atoms with van der Waals surface area (Å²) in [4.78, 5) is 10.5. The lowest BCUT2D eigenvalue weighted by atomic mass is 10.1. The quantitative estimate of drug-likeness (QED) is 0.779. The van der Waals surface area contributed by atoms with Crippen molar-refractivity contribution in [2.24, 2.45) is 5.73 Å². The summed E-state index contributed by atoms with van der Waals surface area (Å²) in [6.07, 6.45) is 0.385. The number of hydrogen-bond donors (Lipinski definition) is 1. The molecule has 0 aromatic heterocycles. The number of benzene rings is 1. The Morgan fingerprint density at radius 2 is 2.29 bits per heavy atom. The van der Waals surface area contributed by atoms with Gasteiger partial charge in [-0.1, -0.05) is 6.07 Å². The maximum Gasteiger partial charge on any atom is 0.217 e. The molecule has 0 atom stereocenters. The largest absolute Gasteiger partial charge is 0.370 e. The van der Waals surface area contributed by atoms with Crippen molar-refractivity contribution in [3.8, 4) is 6.07 Å². The van der Waals surface area contributed by atoms with Crippen LogP contribution >= 0.6 is 0 Å². The molecule has 1 aromatic rings. The zero-order chi connectivity index (χ0) is 10.6. The van der Waals surface area contributed by atoms with Gasteiger partial charge in [0.1, 0.15) is 5.82 Å². The lowest BCUT2D eigenvalue weighted by Crippen LogP contribution is -2.11. The van der Waals surface area contributed by atoms with Crippen molar-refractivity contribution in [3.05, 3.63) is 35.1 Å². The third-order valence-electron chi connectivity index (χ3n) is 1.82. The summed E-state index contributed by atoms with van der Waals surface area (Å²) in [5.74, 6) is -0.931. The molecule has 0 spiro atoms. The van der Waals surface area contributed by atoms with Crippen LogP contribution in [0, 0.1) is 17.1 Å². The number of hydrogen-bond acceptors (Lipinski definition) is 2. The van der Waals surface area contributed by atoms with Crippen molar-refractivity contribution in [1.82, 2.24) is 0 Å². The summed E-state index contributed by atoms with van der Waals surface area (Å²) in [5.41, 5.74) is 5.61. The van der Waals surface area contributed by atoms with E-state index in [2.05, 4.69) is 0 Å². The van der Waals surface area contributed by atoms with Gasteiger partial charge in [0.15, 0.2) is 0 Å². The van der Waals surface area contributed by atoms with Gasteiger partial charge >= 0.3 is 0 Å². The lowest BCUT2D eigenvalue weighted by molar-refractivity contribution is -0.117. The standard InChI is InChI=1S/C10H9FN2O/c11-9-5-7(6-12)1-2-8(9)3-4-10(13)14/h1-2,5H,3-4H2,(H2,13,14). The first kappa shape index (κ1) is 10.2. The molecule has 4 heteroatoms. The molecule has 0 saturated carbocycles. The fourth-order valence-electron chi connectivity index (χ4n) is 1.08. The molecular weight excluding hydrogens is 183 g/mol. The van der Waals surface area contributed by atoms with Gasteiger partial charge in [0.2, 0.25) is 5.91 Å². The van der Waals surface area contributed by atoms with Crippen molar-refractivity contribution < 1.29 is 9.18 Å². The second-order valence-corrected chi connectivity index (χ2v) is 2.88. The molecule has 3 nitrogen and oxygen atoms in total. The molecule has 0 saturated heterocycles. The highest BCUT2D eigenvalue weighted by atomic mass is 19.1. The van der Waals surface area contributed by atoms with E-state index in [1.165, 1.54) is 12.1 Å². The molecule has 0 fully saturated rings. The number of primary amides is 1. The average Bonchev–Trinajstić information content (AvgIpc) is 2.15. The molecule has 0 heterocycles. The van der Waals surface area contributed by atoms with Crippen LogP contribution in [0.4, 0.5) is 4.39 Å². The van der Waals surface area contributed by atoms with Crippen LogP contribution in [0.5, 0.6) is 0 Å². The van der Waals surface area contributed by atoms with Crippen LogP contribution in [0.2, 0.25) is 0 Å². The SMILES string of the molecule is N#Cc1ccc(CCC(N)=O)c(F)c1. The number of carbonyl (C=O) groups excluding carboxylic acids is 1. The number of nitriles is 1. The Morgan fingerprint density at radius 3 is 2.79 bits per heavy atom. The topological polar surface area (TPSA) is 66.9 Å². The Balaban J connectivity index is 2.80. The zero-order valence-electron chi connectivity index (χ0n) is 7.46. The number of carbonyl (C=O) groups is 1. The molecule has 0 aliphatic rings. The summed E-state index contributed by atoms with van der Waals surface area (Å²) < 4.78 is 13.2. The van der Waals surface area contributed by atoms with E-state index in [-0.39, 0.29) is 18.4 Å². The van der Waals surface area contributed by atoms with Gasteiger partial charge in [0, 0.05) is 6.42 Å². The lowest BCUT2D eigenvalue weighted by Gasteiger charge is -2.00. The molecule has 14 heavy (non-hydrogen) atoms. The third kappa shape index (κ3) is 2.56. The monoisotopic (exact) mass is 192 g/mol. The highest BCUT2D eigenvalue weighted by molar-refractivity contribution is 5.74. The maximum absolute atomic E-state index is 13.2. The summed E-state index contributed by atoms with van der Waals surface area (Å²) >= 11 is 0. The van der Waals surface area contributed by atoms with E-state index in [1.54, 1.807) is 0 Å². The van der Waals surface area contributed by atoms with Crippen LogP contribution in [-0.2, 0) is 11.2 Å². The predicted molar refractivity (Wildman–Crippen MR) is 48.6 cm³/mol. The smallest absolute Gasteiger partial charge is 0.217 e. The van der Waals surface area contributed by atoms with Crippen LogP contribution < -0.4 is 5.73 Å². The highest BCUT2D eigenvalue weighted by Crippen LogP contribution is 2.11. The molecular formula is C10H9FN2O. The van der Waals surface area contributed by atoms with E-state index in [4.69, 9.17) is 11.0 Å². The first-order valence-corrected chi connectivity index (χ1v) is 4.10. The summed E-state index contributed by atoms with van der Waals surface area (Å²) in [6, 6.07) is 5.99. The molecule has 1 rings (SSSR count). The van der Waals surface area contributed by atoms with Crippen LogP contribution in [-0.4, -0.2) is 5.91 Å². The van der Waals surface area contributed by atoms with E-state index >= 15 is 0 Å². The van der Waals surface area contributed by atoms with Gasteiger partial charge in [-0.25, -0.2) is 4.39 Å². The molecule has 1 amide bonds. The molecule has 1 aromatic carbocycles. The van der Waals surface area contributed by atoms with Gasteiger partial charge in [-0.2, -0.15) is 5.26 Å². The minimum Gasteiger partial charge on any atom is -0.370 e. The van der Waals surface area contributed by atoms with E-state index in [0.717, 1.165) is 6.07 Å². The fraction of sp³-hybridized carbons (Fsp3) is 0.200. The molecule has 0 radical (unpaired) electrons. The molecule has 0 unspecified atom stereocenters. The van der Waals surface area contributed by atoms with Crippen LogP contribution in [0.1, 0.15) is 17.5 Å². The summed E-state index contributed by atoms with van der Waals surface area (Å²) in [6.45, 7) is 0. The third-order valence-corrected chi connectivity index (χ3v) is 1.82. The van der Waals surface area contributed by atoms with Gasteiger partial charge < -0.3 is 5.73 Å². The van der Waals surface area contributed by atoms with Gasteiger partial charge in [-0.15, -0.1) is 0 Å². The Labute approximate surface area is 81.0 Å². The number of halogens is 1. The van der Waals surface area contributed by atoms with Gasteiger partial charge in [0.25, 0.3) is 0 Å². The Morgan fingerprint density at radius 1 is 1.57 bits per heavy atom. The minimum atomic E-state index is -0.467. The number of nitrogens with zero attached hydrogens (tertiary/aromatic N) is 1. The normalized spacial score (nSPS) is 9.43. The van der Waals surface area contributed by atoms with E-state index in [9.17, 15) is 9.18 Å². The Bertz CT molecular complexity index is 396. The van der Waals surface area contributed by atoms with Crippen molar-refractivity contribution in [2.45, 2.75) is 12.8 Å². The van der Waals surface area contributed by atoms with E-state index in [0.29, 0.717) is 5.56 Å². The van der Waals surface area contributed by atoms with Crippen molar-refractivity contribution in [3.63, 3.8) is 0 Å². The second-order valence-electron chi connectivity index (χ2n) is 2.88. The predicted octanol–water partition coefficient (Wildman–Crippen LogP) is 1.12. The number of nitrogens with two attached hydrogens (primary N) is 1. The van der Waals surface area contributed by atoms with Gasteiger partial charge in [-0.05, 0) is 24.1 Å². The van der Waals surface area contributed by atoms with E-state index < -0.39 is 11.7 Å².